The second-order valence-electron chi connectivity index (χ2n) is 7.63. The fourth-order valence-corrected chi connectivity index (χ4v) is 4.29. The number of rotatable bonds is 5. The molecule has 1 atom stereocenters. The van der Waals surface area contributed by atoms with E-state index in [4.69, 9.17) is 15.2 Å². The van der Waals surface area contributed by atoms with Crippen LogP contribution in [0.15, 0.2) is 67.0 Å². The summed E-state index contributed by atoms with van der Waals surface area (Å²) in [5, 5.41) is 11.4. The molecule has 5 rings (SSSR count). The second-order valence-corrected chi connectivity index (χ2v) is 7.63. The Balaban J connectivity index is 1.75. The first-order valence-electron chi connectivity index (χ1n) is 10.3. The van der Waals surface area contributed by atoms with Gasteiger partial charge in [-0.05, 0) is 23.1 Å². The van der Waals surface area contributed by atoms with Gasteiger partial charge in [-0.25, -0.2) is 4.57 Å². The summed E-state index contributed by atoms with van der Waals surface area (Å²) in [4.78, 5) is 4.60. The minimum Gasteiger partial charge on any atom is -0.497 e. The summed E-state index contributed by atoms with van der Waals surface area (Å²) in [6.07, 6.45) is 2.29. The Kier molecular flexibility index (Phi) is 4.92. The van der Waals surface area contributed by atoms with Gasteiger partial charge in [-0.15, -0.1) is 0 Å². The molecule has 0 saturated carbocycles. The molecule has 3 aromatic carbocycles. The van der Waals surface area contributed by atoms with Gasteiger partial charge in [0.05, 0.1) is 19.6 Å². The number of methoxy groups -OCH3 is 1. The summed E-state index contributed by atoms with van der Waals surface area (Å²) in [6.45, 7) is 0.680. The minimum absolute atomic E-state index is 0.0940. The predicted octanol–water partition coefficient (Wildman–Crippen LogP) is 3.78. The van der Waals surface area contributed by atoms with Crippen molar-refractivity contribution >= 4 is 16.6 Å². The lowest BCUT2D eigenvalue weighted by Crippen LogP contribution is -2.40. The van der Waals surface area contributed by atoms with Gasteiger partial charge in [-0.2, -0.15) is 0 Å². The highest BCUT2D eigenvalue weighted by atomic mass is 16.5. The molecule has 3 N–H and O–H groups in total. The molecule has 6 nitrogen and oxygen atoms in total. The molecule has 4 aromatic rings. The van der Waals surface area contributed by atoms with Gasteiger partial charge in [0.1, 0.15) is 17.1 Å². The quantitative estimate of drug-likeness (QED) is 0.428. The summed E-state index contributed by atoms with van der Waals surface area (Å²) < 4.78 is 13.6. The average molecular weight is 414 g/mol. The van der Waals surface area contributed by atoms with E-state index < -0.39 is 0 Å². The molecular formula is C25H24N3O3+. The summed E-state index contributed by atoms with van der Waals surface area (Å²) in [5.41, 5.74) is 9.60. The smallest absolute Gasteiger partial charge is 0.306 e. The van der Waals surface area contributed by atoms with E-state index in [0.717, 1.165) is 39.0 Å². The Morgan fingerprint density at radius 3 is 2.68 bits per heavy atom. The number of anilines is 1. The molecule has 6 heteroatoms. The Morgan fingerprint density at radius 2 is 1.90 bits per heavy atom. The topological polar surface area (TPSA) is 81.5 Å². The standard InChI is InChI=1S/C25H23N3O3/c1-30-18-10-7-17(8-11-18)21-20-12-9-16-5-2-3-6-19(16)23(20)31-25-22(21)24(26)28(15-27-25)13-4-14-29/h2-3,5-12,15,21,26,29H,4,13-14H2,1H3/p+1/t21-/m1/s1. The maximum Gasteiger partial charge on any atom is 0.306 e. The number of nitrogens with zero attached hydrogens (tertiary/aromatic N) is 2. The number of aliphatic hydroxyl groups excluding tert-OH is 1. The van der Waals surface area contributed by atoms with Gasteiger partial charge in [-0.1, -0.05) is 53.5 Å². The number of fused-ring (bicyclic) bond motifs is 4. The number of hydrogen-bond acceptors (Lipinski definition) is 5. The molecule has 0 fully saturated rings. The fourth-order valence-electron chi connectivity index (χ4n) is 4.29. The third-order valence-corrected chi connectivity index (χ3v) is 5.84. The summed E-state index contributed by atoms with van der Waals surface area (Å²) in [7, 11) is 1.66. The largest absolute Gasteiger partial charge is 0.497 e. The highest BCUT2D eigenvalue weighted by Gasteiger charge is 2.36. The van der Waals surface area contributed by atoms with Crippen LogP contribution in [0.1, 0.15) is 29.0 Å². The van der Waals surface area contributed by atoms with Crippen LogP contribution in [0.4, 0.5) is 5.82 Å². The van der Waals surface area contributed by atoms with Gasteiger partial charge in [0.2, 0.25) is 12.1 Å². The Labute approximate surface area is 180 Å². The molecule has 0 amide bonds. The normalized spacial score (nSPS) is 14.6. The first kappa shape index (κ1) is 19.3. The van der Waals surface area contributed by atoms with Crippen molar-refractivity contribution in [3.63, 3.8) is 0 Å². The highest BCUT2D eigenvalue weighted by molar-refractivity contribution is 5.91. The number of ether oxygens (including phenoxy) is 2. The second kappa shape index (κ2) is 7.89. The predicted molar refractivity (Wildman–Crippen MR) is 119 cm³/mol. The average Bonchev–Trinajstić information content (AvgIpc) is 2.82. The molecule has 0 saturated heterocycles. The van der Waals surface area contributed by atoms with E-state index in [0.29, 0.717) is 24.7 Å². The van der Waals surface area contributed by atoms with Gasteiger partial charge in [0, 0.05) is 24.0 Å². The fraction of sp³-hybridized carbons (Fsp3) is 0.200. The molecule has 0 spiro atoms. The number of aliphatic hydroxyl groups is 1. The first-order chi connectivity index (χ1) is 15.2. The van der Waals surface area contributed by atoms with E-state index >= 15 is 0 Å². The van der Waals surface area contributed by atoms with Crippen LogP contribution in [0, 0.1) is 0 Å². The Morgan fingerprint density at radius 1 is 1.10 bits per heavy atom. The number of nitrogen functional groups attached to an aromatic ring is 1. The third kappa shape index (κ3) is 3.25. The molecular weight excluding hydrogens is 390 g/mol. The zero-order chi connectivity index (χ0) is 21.4. The minimum atomic E-state index is -0.136. The van der Waals surface area contributed by atoms with Crippen LogP contribution in [-0.2, 0) is 6.54 Å². The lowest BCUT2D eigenvalue weighted by atomic mass is 9.82. The van der Waals surface area contributed by atoms with Crippen LogP contribution in [0.25, 0.3) is 10.8 Å². The number of aromatic nitrogens is 2. The molecule has 156 valence electrons. The SMILES string of the molecule is COc1ccc([C@@H]2c3ccc4ccccc4c3Oc3nc[n+](CCCO)c(N)c32)cc1. The van der Waals surface area contributed by atoms with Crippen molar-refractivity contribution in [1.82, 2.24) is 4.98 Å². The van der Waals surface area contributed by atoms with Gasteiger partial charge in [0.25, 0.3) is 0 Å². The molecule has 1 aliphatic rings. The Bertz CT molecular complexity index is 1260. The summed E-state index contributed by atoms with van der Waals surface area (Å²) in [6, 6.07) is 20.4. The lowest BCUT2D eigenvalue weighted by molar-refractivity contribution is -0.686. The van der Waals surface area contributed by atoms with E-state index in [2.05, 4.69) is 41.4 Å². The van der Waals surface area contributed by atoms with Crippen molar-refractivity contribution in [1.29, 1.82) is 0 Å². The van der Waals surface area contributed by atoms with E-state index in [1.165, 1.54) is 0 Å². The lowest BCUT2D eigenvalue weighted by Gasteiger charge is -2.28. The maximum absolute atomic E-state index is 9.26. The van der Waals surface area contributed by atoms with Gasteiger partial charge in [0.15, 0.2) is 0 Å². The van der Waals surface area contributed by atoms with Crippen LogP contribution < -0.4 is 19.8 Å². The molecule has 0 bridgehead atoms. The number of hydrogen-bond donors (Lipinski definition) is 2. The van der Waals surface area contributed by atoms with Crippen LogP contribution in [0.2, 0.25) is 0 Å². The van der Waals surface area contributed by atoms with Crippen molar-refractivity contribution in [3.05, 3.63) is 83.7 Å². The summed E-state index contributed by atoms with van der Waals surface area (Å²) >= 11 is 0. The molecule has 0 unspecified atom stereocenters. The zero-order valence-corrected chi connectivity index (χ0v) is 17.3. The van der Waals surface area contributed by atoms with Gasteiger partial charge < -0.3 is 20.3 Å². The van der Waals surface area contributed by atoms with Crippen LogP contribution >= 0.6 is 0 Å². The maximum atomic E-state index is 9.26. The molecule has 31 heavy (non-hydrogen) atoms. The van der Waals surface area contributed by atoms with Crippen molar-refractivity contribution < 1.29 is 19.1 Å². The van der Waals surface area contributed by atoms with Crippen LogP contribution in [0.5, 0.6) is 17.4 Å². The molecule has 0 aliphatic carbocycles. The van der Waals surface area contributed by atoms with E-state index in [9.17, 15) is 5.11 Å². The van der Waals surface area contributed by atoms with Crippen LogP contribution in [-0.4, -0.2) is 23.8 Å². The van der Waals surface area contributed by atoms with Crippen molar-refractivity contribution in [2.24, 2.45) is 0 Å². The van der Waals surface area contributed by atoms with E-state index in [1.807, 2.05) is 28.8 Å². The molecule has 1 aromatic heterocycles. The molecule has 2 heterocycles. The monoisotopic (exact) mass is 414 g/mol. The Hall–Kier alpha value is -3.64. The number of aryl methyl sites for hydroxylation is 1. The van der Waals surface area contributed by atoms with Crippen LogP contribution in [0.3, 0.4) is 0 Å². The van der Waals surface area contributed by atoms with Crippen molar-refractivity contribution in [2.45, 2.75) is 18.9 Å². The van der Waals surface area contributed by atoms with E-state index in [1.54, 1.807) is 13.4 Å². The van der Waals surface area contributed by atoms with Crippen molar-refractivity contribution in [2.75, 3.05) is 19.5 Å². The number of nitrogens with two attached hydrogens (primary N) is 1. The van der Waals surface area contributed by atoms with Crippen molar-refractivity contribution in [3.8, 4) is 17.4 Å². The zero-order valence-electron chi connectivity index (χ0n) is 17.3. The molecule has 0 radical (unpaired) electrons. The van der Waals surface area contributed by atoms with Gasteiger partial charge >= 0.3 is 5.88 Å². The third-order valence-electron chi connectivity index (χ3n) is 5.84. The van der Waals surface area contributed by atoms with Gasteiger partial charge in [-0.3, -0.25) is 0 Å². The van der Waals surface area contributed by atoms with E-state index in [-0.39, 0.29) is 12.5 Å². The number of benzene rings is 3. The molecule has 1 aliphatic heterocycles. The highest BCUT2D eigenvalue weighted by Crippen LogP contribution is 2.50. The summed E-state index contributed by atoms with van der Waals surface area (Å²) in [5.74, 6) is 2.59. The first-order valence-corrected chi connectivity index (χ1v) is 10.3.